The van der Waals surface area contributed by atoms with Crippen molar-refractivity contribution in [3.8, 4) is 0 Å². The number of carbonyl (C=O) groups is 1. The monoisotopic (exact) mass is 362 g/mol. The van der Waals surface area contributed by atoms with E-state index in [1.807, 2.05) is 0 Å². The van der Waals surface area contributed by atoms with E-state index in [0.29, 0.717) is 17.6 Å². The lowest BCUT2D eigenvalue weighted by molar-refractivity contribution is -0.128. The number of hydrogen-bond donors (Lipinski definition) is 0. The highest BCUT2D eigenvalue weighted by Gasteiger charge is 2.26. The third-order valence-electron chi connectivity index (χ3n) is 7.02. The molecule has 2 rings (SSSR count). The second kappa shape index (κ2) is 14.7. The number of Topliss-reactive ketones (excluding diaryl/α,β-unsaturated/α-hetero) is 1. The van der Waals surface area contributed by atoms with E-state index in [2.05, 4.69) is 0 Å². The van der Waals surface area contributed by atoms with Gasteiger partial charge in [0.05, 0.1) is 0 Å². The molecule has 0 bridgehead atoms. The summed E-state index contributed by atoms with van der Waals surface area (Å²) < 4.78 is 0. The van der Waals surface area contributed by atoms with Gasteiger partial charge >= 0.3 is 0 Å². The number of carbonyl (C=O) groups excluding carboxylic acids is 1. The number of ketones is 1. The molecule has 0 N–H and O–H groups in total. The van der Waals surface area contributed by atoms with Gasteiger partial charge in [-0.2, -0.15) is 0 Å². The van der Waals surface area contributed by atoms with Crippen LogP contribution in [0.4, 0.5) is 0 Å². The zero-order valence-electron chi connectivity index (χ0n) is 17.6. The average Bonchev–Trinajstić information content (AvgIpc) is 2.62. The zero-order chi connectivity index (χ0) is 18.3. The van der Waals surface area contributed by atoms with Crippen molar-refractivity contribution in [1.82, 2.24) is 0 Å². The van der Waals surface area contributed by atoms with Crippen molar-refractivity contribution in [2.45, 2.75) is 141 Å². The molecule has 0 spiro atoms. The Labute approximate surface area is 164 Å². The molecular formula is C25H46O. The van der Waals surface area contributed by atoms with Crippen LogP contribution in [-0.4, -0.2) is 5.78 Å². The maximum atomic E-state index is 13.4. The van der Waals surface area contributed by atoms with Gasteiger partial charge in [0.15, 0.2) is 0 Å². The topological polar surface area (TPSA) is 17.1 Å². The maximum Gasteiger partial charge on any atom is 0.139 e. The first-order valence-electron chi connectivity index (χ1n) is 12.4. The average molecular weight is 363 g/mol. The predicted molar refractivity (Wildman–Crippen MR) is 114 cm³/mol. The Morgan fingerprint density at radius 1 is 0.346 bits per heavy atom. The summed E-state index contributed by atoms with van der Waals surface area (Å²) in [6.45, 7) is 0. The Bertz CT molecular complexity index is 292. The minimum absolute atomic E-state index is 0.396. The van der Waals surface area contributed by atoms with Crippen molar-refractivity contribution < 1.29 is 4.79 Å². The van der Waals surface area contributed by atoms with E-state index >= 15 is 0 Å². The van der Waals surface area contributed by atoms with Crippen molar-refractivity contribution in [2.24, 2.45) is 11.8 Å². The van der Waals surface area contributed by atoms with E-state index in [4.69, 9.17) is 0 Å². The molecule has 2 aliphatic rings. The lowest BCUT2D eigenvalue weighted by atomic mass is 9.80. The molecule has 0 amide bonds. The van der Waals surface area contributed by atoms with Gasteiger partial charge in [-0.3, -0.25) is 4.79 Å². The summed E-state index contributed by atoms with van der Waals surface area (Å²) in [4.78, 5) is 13.4. The molecule has 0 heterocycles. The summed E-state index contributed by atoms with van der Waals surface area (Å²) >= 11 is 0. The van der Waals surface area contributed by atoms with Crippen LogP contribution < -0.4 is 0 Å². The van der Waals surface area contributed by atoms with Crippen LogP contribution in [0.25, 0.3) is 0 Å². The minimum atomic E-state index is 0.396. The van der Waals surface area contributed by atoms with Crippen LogP contribution in [-0.2, 0) is 4.79 Å². The Morgan fingerprint density at radius 3 is 0.769 bits per heavy atom. The zero-order valence-corrected chi connectivity index (χ0v) is 17.6. The standard InChI is InChI=1S/C25H46O/c26-25(23-19-15-11-7-3-1-4-8-12-16-20-23)24-21-17-13-9-5-2-6-10-14-18-22-24/h23-24H,1-22H2. The fraction of sp³-hybridized carbons (Fsp3) is 0.960. The summed E-state index contributed by atoms with van der Waals surface area (Å²) in [6, 6.07) is 0. The maximum absolute atomic E-state index is 13.4. The van der Waals surface area contributed by atoms with Crippen molar-refractivity contribution in [3.05, 3.63) is 0 Å². The van der Waals surface area contributed by atoms with Crippen LogP contribution >= 0.6 is 0 Å². The fourth-order valence-corrected chi connectivity index (χ4v) is 5.23. The Hall–Kier alpha value is -0.330. The van der Waals surface area contributed by atoms with Crippen LogP contribution in [0.2, 0.25) is 0 Å². The van der Waals surface area contributed by atoms with Crippen LogP contribution in [0.5, 0.6) is 0 Å². The summed E-state index contributed by atoms with van der Waals surface area (Å²) in [6.07, 6.45) is 29.5. The number of rotatable bonds is 2. The van der Waals surface area contributed by atoms with E-state index in [1.54, 1.807) is 0 Å². The van der Waals surface area contributed by atoms with Gasteiger partial charge in [0.1, 0.15) is 5.78 Å². The van der Waals surface area contributed by atoms with E-state index in [0.717, 1.165) is 0 Å². The molecule has 0 aliphatic heterocycles. The number of hydrogen-bond acceptors (Lipinski definition) is 1. The summed E-state index contributed by atoms with van der Waals surface area (Å²) in [5, 5.41) is 0. The molecule has 152 valence electrons. The van der Waals surface area contributed by atoms with Crippen LogP contribution in [0.1, 0.15) is 141 Å². The van der Waals surface area contributed by atoms with Gasteiger partial charge in [0.25, 0.3) is 0 Å². The molecule has 0 unspecified atom stereocenters. The molecule has 2 fully saturated rings. The lowest BCUT2D eigenvalue weighted by Gasteiger charge is -2.24. The molecule has 26 heavy (non-hydrogen) atoms. The third-order valence-corrected chi connectivity index (χ3v) is 7.02. The van der Waals surface area contributed by atoms with Crippen LogP contribution in [0, 0.1) is 11.8 Å². The molecule has 1 nitrogen and oxygen atoms in total. The second-order valence-electron chi connectivity index (χ2n) is 9.31. The molecule has 2 aliphatic carbocycles. The lowest BCUT2D eigenvalue weighted by Crippen LogP contribution is -2.24. The third kappa shape index (κ3) is 9.56. The SMILES string of the molecule is O=C(C1CCCCCCCCCCC1)C1CCCCCCCCCCC1. The fourth-order valence-electron chi connectivity index (χ4n) is 5.23. The van der Waals surface area contributed by atoms with Crippen LogP contribution in [0.3, 0.4) is 0 Å². The van der Waals surface area contributed by atoms with Crippen molar-refractivity contribution in [1.29, 1.82) is 0 Å². The first-order chi connectivity index (χ1) is 12.9. The van der Waals surface area contributed by atoms with E-state index in [-0.39, 0.29) is 0 Å². The van der Waals surface area contributed by atoms with E-state index < -0.39 is 0 Å². The van der Waals surface area contributed by atoms with Gasteiger partial charge in [-0.15, -0.1) is 0 Å². The normalized spacial score (nSPS) is 25.2. The Kier molecular flexibility index (Phi) is 12.4. The highest BCUT2D eigenvalue weighted by atomic mass is 16.1. The molecule has 0 radical (unpaired) electrons. The first-order valence-corrected chi connectivity index (χ1v) is 12.4. The minimum Gasteiger partial charge on any atom is -0.299 e. The van der Waals surface area contributed by atoms with Gasteiger partial charge in [0, 0.05) is 11.8 Å². The van der Waals surface area contributed by atoms with Gasteiger partial charge in [0.2, 0.25) is 0 Å². The highest BCUT2D eigenvalue weighted by molar-refractivity contribution is 5.83. The summed E-state index contributed by atoms with van der Waals surface area (Å²) in [5.41, 5.74) is 0. The Morgan fingerprint density at radius 2 is 0.538 bits per heavy atom. The molecule has 0 aromatic heterocycles. The Balaban J connectivity index is 1.86. The van der Waals surface area contributed by atoms with Crippen molar-refractivity contribution in [2.75, 3.05) is 0 Å². The molecule has 0 aromatic carbocycles. The van der Waals surface area contributed by atoms with E-state index in [9.17, 15) is 4.79 Å². The molecule has 0 saturated heterocycles. The smallest absolute Gasteiger partial charge is 0.139 e. The van der Waals surface area contributed by atoms with E-state index in [1.165, 1.54) is 141 Å². The molecule has 1 heteroatoms. The predicted octanol–water partition coefficient (Wildman–Crippen LogP) is 8.40. The van der Waals surface area contributed by atoms with Gasteiger partial charge in [-0.25, -0.2) is 0 Å². The second-order valence-corrected chi connectivity index (χ2v) is 9.31. The van der Waals surface area contributed by atoms with Crippen LogP contribution in [0.15, 0.2) is 0 Å². The molecular weight excluding hydrogens is 316 g/mol. The molecule has 2 saturated carbocycles. The van der Waals surface area contributed by atoms with Crippen molar-refractivity contribution in [3.63, 3.8) is 0 Å². The van der Waals surface area contributed by atoms with Gasteiger partial charge in [-0.1, -0.05) is 116 Å². The van der Waals surface area contributed by atoms with Gasteiger partial charge in [-0.05, 0) is 25.7 Å². The first kappa shape index (κ1) is 22.0. The molecule has 0 atom stereocenters. The summed E-state index contributed by atoms with van der Waals surface area (Å²) in [5.74, 6) is 1.47. The largest absolute Gasteiger partial charge is 0.299 e. The highest BCUT2D eigenvalue weighted by Crippen LogP contribution is 2.29. The quantitative estimate of drug-likeness (QED) is 0.482. The summed E-state index contributed by atoms with van der Waals surface area (Å²) in [7, 11) is 0. The van der Waals surface area contributed by atoms with Crippen molar-refractivity contribution >= 4 is 5.78 Å². The molecule has 0 aromatic rings. The van der Waals surface area contributed by atoms with Gasteiger partial charge < -0.3 is 0 Å².